The molecule has 258 valence electrons. The summed E-state index contributed by atoms with van der Waals surface area (Å²) in [5.74, 6) is 0.471. The number of hydrogen-bond acceptors (Lipinski definition) is 10. The number of ether oxygens (including phenoxy) is 6. The lowest BCUT2D eigenvalue weighted by Crippen LogP contribution is -2.41. The number of alkyl carbamates (subject to hydrolysis) is 1. The van der Waals surface area contributed by atoms with Crippen molar-refractivity contribution >= 4 is 16.1 Å². The molecule has 2 aromatic carbocycles. The minimum absolute atomic E-state index is 0.00562. The van der Waals surface area contributed by atoms with Gasteiger partial charge < -0.3 is 33.5 Å². The van der Waals surface area contributed by atoms with Gasteiger partial charge in [0.1, 0.15) is 11.9 Å². The van der Waals surface area contributed by atoms with Gasteiger partial charge in [0.25, 0.3) is 0 Å². The summed E-state index contributed by atoms with van der Waals surface area (Å²) >= 11 is 0. The van der Waals surface area contributed by atoms with Crippen LogP contribution in [0.4, 0.5) is 18.0 Å². The van der Waals surface area contributed by atoms with Crippen molar-refractivity contribution in [1.82, 2.24) is 9.62 Å². The number of nitrogens with one attached hydrogen (secondary N) is 1. The fourth-order valence-electron chi connectivity index (χ4n) is 5.41. The molecule has 3 unspecified atom stereocenters. The maximum Gasteiger partial charge on any atom is 0.422 e. The van der Waals surface area contributed by atoms with Crippen molar-refractivity contribution in [3.05, 3.63) is 59.8 Å². The van der Waals surface area contributed by atoms with Crippen molar-refractivity contribution in [2.75, 3.05) is 39.7 Å². The van der Waals surface area contributed by atoms with Gasteiger partial charge in [0.2, 0.25) is 16.8 Å². The van der Waals surface area contributed by atoms with Crippen LogP contribution in [0.5, 0.6) is 17.2 Å². The van der Waals surface area contributed by atoms with Crippen LogP contribution in [-0.2, 0) is 30.7 Å². The number of alkyl halides is 3. The number of sulfonamides is 1. The molecule has 4 atom stereocenters. The second kappa shape index (κ2) is 14.7. The monoisotopic (exact) mass is 686 g/mol. The maximum absolute atomic E-state index is 13.8. The Bertz CT molecular complexity index is 1530. The van der Waals surface area contributed by atoms with E-state index in [1.54, 1.807) is 0 Å². The van der Waals surface area contributed by atoms with Crippen molar-refractivity contribution in [2.45, 2.75) is 56.3 Å². The van der Waals surface area contributed by atoms with E-state index in [0.29, 0.717) is 24.3 Å². The lowest BCUT2D eigenvalue weighted by atomic mass is 10.0. The van der Waals surface area contributed by atoms with E-state index < -0.39 is 47.4 Å². The van der Waals surface area contributed by atoms with Crippen LogP contribution in [-0.4, -0.2) is 88.3 Å². The number of aliphatic hydroxyl groups excluding tert-OH is 1. The molecule has 0 aliphatic carbocycles. The average Bonchev–Trinajstić information content (AvgIpc) is 3.76. The van der Waals surface area contributed by atoms with Crippen LogP contribution >= 0.6 is 0 Å². The zero-order chi connectivity index (χ0) is 33.8. The highest BCUT2D eigenvalue weighted by molar-refractivity contribution is 7.89. The summed E-state index contributed by atoms with van der Waals surface area (Å²) in [6.45, 7) is 2.54. The fraction of sp³-hybridized carbons (Fsp3) is 0.516. The molecule has 12 nitrogen and oxygen atoms in total. The molecule has 1 amide bonds. The highest BCUT2D eigenvalue weighted by Gasteiger charge is 2.44. The third-order valence-electron chi connectivity index (χ3n) is 7.71. The van der Waals surface area contributed by atoms with Crippen molar-refractivity contribution in [3.63, 3.8) is 0 Å². The highest BCUT2D eigenvalue weighted by Crippen LogP contribution is 2.35. The summed E-state index contributed by atoms with van der Waals surface area (Å²) in [4.78, 5) is 12.7. The number of carbonyl (C=O) groups excluding carboxylic acids is 1. The van der Waals surface area contributed by atoms with Gasteiger partial charge in [0, 0.05) is 25.4 Å². The fourth-order valence-corrected chi connectivity index (χ4v) is 7.04. The first kappa shape index (κ1) is 34.8. The number of hydrogen-bond donors (Lipinski definition) is 2. The summed E-state index contributed by atoms with van der Waals surface area (Å²) in [6, 6.07) is 9.97. The van der Waals surface area contributed by atoms with Crippen molar-refractivity contribution in [3.8, 4) is 17.2 Å². The van der Waals surface area contributed by atoms with E-state index in [4.69, 9.17) is 28.4 Å². The second-order valence-electron chi connectivity index (χ2n) is 11.8. The molecule has 0 saturated carbocycles. The Labute approximate surface area is 270 Å². The largest absolute Gasteiger partial charge is 0.484 e. The number of fused-ring (bicyclic) bond motifs is 2. The molecule has 5 rings (SSSR count). The van der Waals surface area contributed by atoms with Crippen LogP contribution in [0.3, 0.4) is 0 Å². The van der Waals surface area contributed by atoms with Crippen LogP contribution in [0, 0.1) is 11.8 Å². The third-order valence-corrected chi connectivity index (χ3v) is 9.54. The quantitative estimate of drug-likeness (QED) is 0.318. The van der Waals surface area contributed by atoms with Gasteiger partial charge in [-0.2, -0.15) is 17.5 Å². The van der Waals surface area contributed by atoms with Gasteiger partial charge >= 0.3 is 12.3 Å². The normalized spacial score (nSPS) is 21.6. The number of halogens is 3. The lowest BCUT2D eigenvalue weighted by Gasteiger charge is -2.27. The summed E-state index contributed by atoms with van der Waals surface area (Å²) in [5, 5.41) is 14.0. The Hall–Kier alpha value is -3.57. The van der Waals surface area contributed by atoms with Gasteiger partial charge in [0.05, 0.1) is 30.1 Å². The van der Waals surface area contributed by atoms with Crippen molar-refractivity contribution in [2.24, 2.45) is 11.8 Å². The summed E-state index contributed by atoms with van der Waals surface area (Å²) in [7, 11) is -4.13. The predicted octanol–water partition coefficient (Wildman–Crippen LogP) is 3.98. The van der Waals surface area contributed by atoms with E-state index >= 15 is 0 Å². The van der Waals surface area contributed by atoms with E-state index in [2.05, 4.69) is 5.32 Å². The third kappa shape index (κ3) is 9.07. The lowest BCUT2D eigenvalue weighted by molar-refractivity contribution is -0.153. The Balaban J connectivity index is 1.34. The van der Waals surface area contributed by atoms with Crippen molar-refractivity contribution in [1.29, 1.82) is 0 Å². The highest BCUT2D eigenvalue weighted by atomic mass is 32.2. The smallest absolute Gasteiger partial charge is 0.422 e. The van der Waals surface area contributed by atoms with Crippen LogP contribution in [0.1, 0.15) is 25.8 Å². The first-order chi connectivity index (χ1) is 22.3. The Kier molecular flexibility index (Phi) is 10.9. The molecule has 16 heteroatoms. The standard InChI is InChI=1S/C31H37F3N2O10S/c1-19(2)14-36(47(39,40)23-7-8-26-27(12-23)45-18-44-26)15-25(37)21(11-20-3-5-22(6-4-20)43-17-31(32,33)34)13-35-30(38)46-28-16-42-29-24(28)9-10-41-29/h3-8,12-13,19,24-25,28-29,37H,9-11,14-18H2,1-2H3,(H,35,38)/b21-13-/t24?,25?,28-,29?/m0/s1. The first-order valence-electron chi connectivity index (χ1n) is 15.0. The van der Waals surface area contributed by atoms with E-state index in [1.807, 2.05) is 13.8 Å². The summed E-state index contributed by atoms with van der Waals surface area (Å²) in [5.41, 5.74) is 0.763. The van der Waals surface area contributed by atoms with Crippen LogP contribution in [0.15, 0.2) is 59.1 Å². The number of amides is 1. The zero-order valence-electron chi connectivity index (χ0n) is 25.8. The maximum atomic E-state index is 13.8. The van der Waals surface area contributed by atoms with Gasteiger partial charge in [0.15, 0.2) is 24.4 Å². The van der Waals surface area contributed by atoms with Gasteiger partial charge in [-0.05, 0) is 54.2 Å². The van der Waals surface area contributed by atoms with E-state index in [1.165, 1.54) is 48.7 Å². The Morgan fingerprint density at radius 2 is 1.85 bits per heavy atom. The van der Waals surface area contributed by atoms with Crippen molar-refractivity contribution < 1.29 is 59.9 Å². The van der Waals surface area contributed by atoms with Gasteiger partial charge in [-0.25, -0.2) is 13.2 Å². The minimum atomic E-state index is -4.50. The Morgan fingerprint density at radius 1 is 1.11 bits per heavy atom. The number of nitrogens with zero attached hydrogens (tertiary/aromatic N) is 1. The second-order valence-corrected chi connectivity index (χ2v) is 13.7. The van der Waals surface area contributed by atoms with Crippen LogP contribution < -0.4 is 19.5 Å². The molecule has 0 spiro atoms. The first-order valence-corrected chi connectivity index (χ1v) is 16.5. The predicted molar refractivity (Wildman–Crippen MR) is 159 cm³/mol. The summed E-state index contributed by atoms with van der Waals surface area (Å²) in [6.07, 6.45) is -5.75. The van der Waals surface area contributed by atoms with E-state index in [0.717, 1.165) is 4.31 Å². The average molecular weight is 687 g/mol. The van der Waals surface area contributed by atoms with E-state index in [9.17, 15) is 31.5 Å². The molecule has 3 aliphatic rings. The number of aliphatic hydroxyl groups is 1. The molecule has 2 saturated heterocycles. The van der Waals surface area contributed by atoms with E-state index in [-0.39, 0.29) is 66.7 Å². The molecule has 0 aromatic heterocycles. The molecule has 47 heavy (non-hydrogen) atoms. The molecule has 0 bridgehead atoms. The summed E-state index contributed by atoms with van der Waals surface area (Å²) < 4.78 is 98.4. The molecule has 2 aromatic rings. The molecule has 2 fully saturated rings. The molecule has 3 aliphatic heterocycles. The molecular formula is C31H37F3N2O10S. The topological polar surface area (TPSA) is 142 Å². The van der Waals surface area contributed by atoms with Crippen LogP contribution in [0.2, 0.25) is 0 Å². The molecule has 3 heterocycles. The molecular weight excluding hydrogens is 649 g/mol. The Morgan fingerprint density at radius 3 is 2.57 bits per heavy atom. The molecule has 0 radical (unpaired) electrons. The van der Waals surface area contributed by atoms with Gasteiger partial charge in [-0.1, -0.05) is 26.0 Å². The number of carbonyl (C=O) groups is 1. The number of benzene rings is 2. The van der Waals surface area contributed by atoms with Crippen LogP contribution in [0.25, 0.3) is 0 Å². The zero-order valence-corrected chi connectivity index (χ0v) is 26.6. The molecule has 2 N–H and O–H groups in total. The van der Waals surface area contributed by atoms with Gasteiger partial charge in [-0.15, -0.1) is 0 Å². The van der Waals surface area contributed by atoms with Gasteiger partial charge in [-0.3, -0.25) is 5.32 Å². The number of rotatable bonds is 13. The minimum Gasteiger partial charge on any atom is -0.484 e. The SMILES string of the molecule is CC(C)CN(CC(O)/C(=C\NC(=O)O[C@H]1COC2OCCC21)Cc1ccc(OCC(F)(F)F)cc1)S(=O)(=O)c1ccc2c(c1)OCO2.